The molecular formula is C18H23N5OS. The van der Waals surface area contributed by atoms with E-state index in [1.165, 1.54) is 22.9 Å². The zero-order valence-electron chi connectivity index (χ0n) is 14.3. The molecule has 0 spiro atoms. The highest BCUT2D eigenvalue weighted by molar-refractivity contribution is 8.00. The maximum absolute atomic E-state index is 12.7. The van der Waals surface area contributed by atoms with E-state index < -0.39 is 0 Å². The minimum atomic E-state index is -0.271. The quantitative estimate of drug-likeness (QED) is 0.634. The molecule has 25 heavy (non-hydrogen) atoms. The molecule has 1 fully saturated rings. The van der Waals surface area contributed by atoms with Crippen LogP contribution in [0.15, 0.2) is 29.4 Å². The number of carbonyl (C=O) groups is 1. The molecule has 1 aromatic heterocycles. The van der Waals surface area contributed by atoms with Gasteiger partial charge in [-0.05, 0) is 50.2 Å². The van der Waals surface area contributed by atoms with Crippen LogP contribution in [0.1, 0.15) is 61.5 Å². The van der Waals surface area contributed by atoms with Crippen molar-refractivity contribution in [3.63, 3.8) is 0 Å². The van der Waals surface area contributed by atoms with Crippen LogP contribution in [-0.4, -0.2) is 26.0 Å². The second kappa shape index (κ2) is 6.71. The van der Waals surface area contributed by atoms with E-state index in [4.69, 9.17) is 5.84 Å². The maximum atomic E-state index is 12.7. The van der Waals surface area contributed by atoms with Gasteiger partial charge in [-0.15, -0.1) is 10.2 Å². The molecule has 0 unspecified atom stereocenters. The van der Waals surface area contributed by atoms with E-state index in [1.807, 2.05) is 13.0 Å². The standard InChI is InChI=1S/C18H23N5OS/c1-11(25-18-22-21-16(23(18)19)13-9-10-13)17(24)20-15-8-4-6-12-5-2-3-7-14(12)15/h2-3,5,7,11,13,15H,4,6,8-10,19H2,1H3,(H,20,24)/t11-,15-/m1/s1. The minimum Gasteiger partial charge on any atom is -0.348 e. The van der Waals surface area contributed by atoms with Crippen LogP contribution in [0.5, 0.6) is 0 Å². The lowest BCUT2D eigenvalue weighted by atomic mass is 9.88. The van der Waals surface area contributed by atoms with Crippen LogP contribution in [0.2, 0.25) is 0 Å². The Labute approximate surface area is 151 Å². The van der Waals surface area contributed by atoms with Gasteiger partial charge in [0, 0.05) is 5.92 Å². The molecule has 0 radical (unpaired) electrons. The summed E-state index contributed by atoms with van der Waals surface area (Å²) in [6, 6.07) is 8.47. The summed E-state index contributed by atoms with van der Waals surface area (Å²) in [5.74, 6) is 7.37. The molecule has 0 saturated heterocycles. The van der Waals surface area contributed by atoms with E-state index in [1.54, 1.807) is 4.68 Å². The summed E-state index contributed by atoms with van der Waals surface area (Å²) < 4.78 is 1.54. The van der Waals surface area contributed by atoms with Crippen LogP contribution in [0.25, 0.3) is 0 Å². The van der Waals surface area contributed by atoms with Crippen molar-refractivity contribution in [1.29, 1.82) is 0 Å². The molecular weight excluding hydrogens is 334 g/mol. The first-order valence-corrected chi connectivity index (χ1v) is 9.76. The van der Waals surface area contributed by atoms with Gasteiger partial charge in [-0.2, -0.15) is 0 Å². The first kappa shape index (κ1) is 16.4. The van der Waals surface area contributed by atoms with Gasteiger partial charge >= 0.3 is 0 Å². The highest BCUT2D eigenvalue weighted by Crippen LogP contribution is 2.39. The largest absolute Gasteiger partial charge is 0.348 e. The number of fused-ring (bicyclic) bond motifs is 1. The fourth-order valence-electron chi connectivity index (χ4n) is 3.39. The first-order chi connectivity index (χ1) is 12.1. The van der Waals surface area contributed by atoms with Crippen molar-refractivity contribution in [2.75, 3.05) is 5.84 Å². The predicted octanol–water partition coefficient (Wildman–Crippen LogP) is 2.54. The molecule has 132 valence electrons. The Kier molecular flexibility index (Phi) is 4.41. The molecule has 4 rings (SSSR count). The van der Waals surface area contributed by atoms with Crippen molar-refractivity contribution in [2.45, 2.75) is 61.4 Å². The molecule has 2 aromatic rings. The van der Waals surface area contributed by atoms with Crippen LogP contribution >= 0.6 is 11.8 Å². The normalized spacial score (nSPS) is 20.8. The van der Waals surface area contributed by atoms with E-state index in [2.05, 4.69) is 33.7 Å². The van der Waals surface area contributed by atoms with Crippen molar-refractivity contribution in [2.24, 2.45) is 0 Å². The molecule has 0 bridgehead atoms. The van der Waals surface area contributed by atoms with E-state index in [0.717, 1.165) is 37.9 Å². The lowest BCUT2D eigenvalue weighted by Crippen LogP contribution is -2.36. The monoisotopic (exact) mass is 357 g/mol. The molecule has 2 aliphatic rings. The molecule has 6 nitrogen and oxygen atoms in total. The number of thioether (sulfide) groups is 1. The molecule has 7 heteroatoms. The van der Waals surface area contributed by atoms with Crippen LogP contribution in [0, 0.1) is 0 Å². The van der Waals surface area contributed by atoms with Crippen molar-refractivity contribution in [1.82, 2.24) is 20.2 Å². The van der Waals surface area contributed by atoms with Crippen molar-refractivity contribution in [3.05, 3.63) is 41.2 Å². The Hall–Kier alpha value is -2.02. The Morgan fingerprint density at radius 2 is 2.12 bits per heavy atom. The van der Waals surface area contributed by atoms with Crippen molar-refractivity contribution >= 4 is 17.7 Å². The molecule has 3 N–H and O–H groups in total. The predicted molar refractivity (Wildman–Crippen MR) is 97.7 cm³/mol. The van der Waals surface area contributed by atoms with E-state index >= 15 is 0 Å². The fraction of sp³-hybridized carbons (Fsp3) is 0.500. The summed E-state index contributed by atoms with van der Waals surface area (Å²) in [4.78, 5) is 12.7. The van der Waals surface area contributed by atoms with Crippen LogP contribution in [0.4, 0.5) is 0 Å². The summed E-state index contributed by atoms with van der Waals surface area (Å²) >= 11 is 1.37. The van der Waals surface area contributed by atoms with Gasteiger partial charge in [-0.1, -0.05) is 36.0 Å². The highest BCUT2D eigenvalue weighted by Gasteiger charge is 2.31. The van der Waals surface area contributed by atoms with E-state index in [0.29, 0.717) is 11.1 Å². The SMILES string of the molecule is C[C@@H](Sc1nnc(C2CC2)n1N)C(=O)N[C@@H]1CCCc2ccccc21. The van der Waals surface area contributed by atoms with E-state index in [9.17, 15) is 4.79 Å². The average molecular weight is 357 g/mol. The van der Waals surface area contributed by atoms with Gasteiger partial charge in [0.05, 0.1) is 11.3 Å². The van der Waals surface area contributed by atoms with Gasteiger partial charge in [0.15, 0.2) is 5.82 Å². The number of benzene rings is 1. The lowest BCUT2D eigenvalue weighted by Gasteiger charge is -2.27. The molecule has 1 aromatic carbocycles. The zero-order chi connectivity index (χ0) is 17.4. The van der Waals surface area contributed by atoms with Gasteiger partial charge in [0.25, 0.3) is 0 Å². The Balaban J connectivity index is 1.41. The van der Waals surface area contributed by atoms with Crippen molar-refractivity contribution in [3.8, 4) is 0 Å². The summed E-state index contributed by atoms with van der Waals surface area (Å²) in [5.41, 5.74) is 2.59. The van der Waals surface area contributed by atoms with Gasteiger partial charge < -0.3 is 11.2 Å². The lowest BCUT2D eigenvalue weighted by molar-refractivity contribution is -0.121. The number of aryl methyl sites for hydroxylation is 1. The van der Waals surface area contributed by atoms with Gasteiger partial charge in [0.1, 0.15) is 0 Å². The molecule has 1 heterocycles. The molecule has 2 atom stereocenters. The van der Waals surface area contributed by atoms with Gasteiger partial charge in [-0.25, -0.2) is 4.68 Å². The van der Waals surface area contributed by atoms with Crippen molar-refractivity contribution < 1.29 is 4.79 Å². The summed E-state index contributed by atoms with van der Waals surface area (Å²) in [7, 11) is 0. The molecule has 2 aliphatic carbocycles. The third-order valence-electron chi connectivity index (χ3n) is 4.97. The Morgan fingerprint density at radius 1 is 1.32 bits per heavy atom. The number of amides is 1. The number of hydrogen-bond acceptors (Lipinski definition) is 5. The van der Waals surface area contributed by atoms with Gasteiger partial charge in [0.2, 0.25) is 11.1 Å². The van der Waals surface area contributed by atoms with Crippen LogP contribution in [-0.2, 0) is 11.2 Å². The van der Waals surface area contributed by atoms with E-state index in [-0.39, 0.29) is 17.2 Å². The number of nitrogens with one attached hydrogen (secondary N) is 1. The Bertz CT molecular complexity index is 786. The number of hydrogen-bond donors (Lipinski definition) is 2. The molecule has 1 amide bonds. The number of carbonyl (C=O) groups excluding carboxylic acids is 1. The maximum Gasteiger partial charge on any atom is 0.233 e. The molecule has 1 saturated carbocycles. The number of nitrogens with two attached hydrogens (primary N) is 1. The third-order valence-corrected chi connectivity index (χ3v) is 6.03. The summed E-state index contributed by atoms with van der Waals surface area (Å²) in [6.07, 6.45) is 5.42. The summed E-state index contributed by atoms with van der Waals surface area (Å²) in [5, 5.41) is 11.9. The second-order valence-electron chi connectivity index (χ2n) is 6.90. The zero-order valence-corrected chi connectivity index (χ0v) is 15.1. The number of nitrogen functional groups attached to an aromatic ring is 1. The number of nitrogens with zero attached hydrogens (tertiary/aromatic N) is 3. The smallest absolute Gasteiger partial charge is 0.233 e. The highest BCUT2D eigenvalue weighted by atomic mass is 32.2. The Morgan fingerprint density at radius 3 is 2.92 bits per heavy atom. The van der Waals surface area contributed by atoms with Crippen LogP contribution in [0.3, 0.4) is 0 Å². The fourth-order valence-corrected chi connectivity index (χ4v) is 4.18. The number of rotatable bonds is 5. The van der Waals surface area contributed by atoms with Gasteiger partial charge in [-0.3, -0.25) is 4.79 Å². The first-order valence-electron chi connectivity index (χ1n) is 8.88. The third kappa shape index (κ3) is 3.38. The van der Waals surface area contributed by atoms with Crippen LogP contribution < -0.4 is 11.2 Å². The average Bonchev–Trinajstić information content (AvgIpc) is 3.40. The summed E-state index contributed by atoms with van der Waals surface area (Å²) in [6.45, 7) is 1.89. The molecule has 0 aliphatic heterocycles. The topological polar surface area (TPSA) is 85.8 Å². The number of aromatic nitrogens is 3. The minimum absolute atomic E-state index is 0.0164. The second-order valence-corrected chi connectivity index (χ2v) is 8.21.